The molecule has 0 aromatic heterocycles. The lowest BCUT2D eigenvalue weighted by Crippen LogP contribution is -1.99. The van der Waals surface area contributed by atoms with E-state index >= 15 is 0 Å². The van der Waals surface area contributed by atoms with Crippen LogP contribution in [0.2, 0.25) is 0 Å². The summed E-state index contributed by atoms with van der Waals surface area (Å²) in [5, 5.41) is 0. The molecule has 0 fully saturated rings. The van der Waals surface area contributed by atoms with Crippen molar-refractivity contribution in [1.29, 1.82) is 0 Å². The molecule has 0 unspecified atom stereocenters. The van der Waals surface area contributed by atoms with Gasteiger partial charge in [0.05, 0.1) is 13.2 Å². The molecule has 0 saturated heterocycles. The van der Waals surface area contributed by atoms with Gasteiger partial charge >= 0.3 is 0 Å². The molecule has 0 bridgehead atoms. The summed E-state index contributed by atoms with van der Waals surface area (Å²) in [5.41, 5.74) is 8.96. The SMILES string of the molecule is C=C(c1ccc(OCC)cc1)c1ccc(C(=C)c2ccc(OCC)cc2)c(C)c1C. The van der Waals surface area contributed by atoms with Crippen LogP contribution in [0.3, 0.4) is 0 Å². The van der Waals surface area contributed by atoms with E-state index in [0.717, 1.165) is 44.9 Å². The molecule has 2 nitrogen and oxygen atoms in total. The van der Waals surface area contributed by atoms with Gasteiger partial charge in [-0.1, -0.05) is 49.6 Å². The van der Waals surface area contributed by atoms with Crippen molar-refractivity contribution in [2.75, 3.05) is 13.2 Å². The minimum absolute atomic E-state index is 0.665. The second-order valence-corrected chi connectivity index (χ2v) is 7.28. The second kappa shape index (κ2) is 9.49. The van der Waals surface area contributed by atoms with E-state index in [4.69, 9.17) is 9.47 Å². The van der Waals surface area contributed by atoms with Gasteiger partial charge in [0.2, 0.25) is 0 Å². The molecule has 3 aromatic carbocycles. The first kappa shape index (κ1) is 21.4. The molecule has 0 atom stereocenters. The van der Waals surface area contributed by atoms with Crippen molar-refractivity contribution >= 4 is 11.1 Å². The first-order valence-corrected chi connectivity index (χ1v) is 10.4. The van der Waals surface area contributed by atoms with Crippen LogP contribution in [0.15, 0.2) is 73.8 Å². The van der Waals surface area contributed by atoms with E-state index in [1.165, 1.54) is 11.1 Å². The summed E-state index contributed by atoms with van der Waals surface area (Å²) >= 11 is 0. The second-order valence-electron chi connectivity index (χ2n) is 7.28. The van der Waals surface area contributed by atoms with Crippen LogP contribution >= 0.6 is 0 Å². The van der Waals surface area contributed by atoms with E-state index in [1.54, 1.807) is 0 Å². The number of hydrogen-bond acceptors (Lipinski definition) is 2. The van der Waals surface area contributed by atoms with Crippen LogP contribution in [0.4, 0.5) is 0 Å². The fourth-order valence-electron chi connectivity index (χ4n) is 3.62. The molecule has 0 aliphatic rings. The fourth-order valence-corrected chi connectivity index (χ4v) is 3.62. The highest BCUT2D eigenvalue weighted by Crippen LogP contribution is 2.33. The lowest BCUT2D eigenvalue weighted by atomic mass is 9.87. The molecule has 3 aromatic rings. The van der Waals surface area contributed by atoms with E-state index in [2.05, 4.69) is 63.4 Å². The normalized spacial score (nSPS) is 10.5. The Balaban J connectivity index is 1.87. The first-order valence-electron chi connectivity index (χ1n) is 10.4. The van der Waals surface area contributed by atoms with E-state index < -0.39 is 0 Å². The number of benzene rings is 3. The minimum Gasteiger partial charge on any atom is -0.494 e. The predicted molar refractivity (Wildman–Crippen MR) is 127 cm³/mol. The summed E-state index contributed by atoms with van der Waals surface area (Å²) in [6.45, 7) is 18.3. The van der Waals surface area contributed by atoms with E-state index in [-0.39, 0.29) is 0 Å². The standard InChI is InChI=1S/C28H30O2/c1-7-29-25-13-9-23(10-14-25)21(5)27-17-18-28(20(4)19(27)3)22(6)24-11-15-26(16-12-24)30-8-2/h9-18H,5-8H2,1-4H3. The lowest BCUT2D eigenvalue weighted by molar-refractivity contribution is 0.340. The Kier molecular flexibility index (Phi) is 6.79. The lowest BCUT2D eigenvalue weighted by Gasteiger charge is -2.17. The fraction of sp³-hybridized carbons (Fsp3) is 0.214. The average Bonchev–Trinajstić information content (AvgIpc) is 2.76. The largest absolute Gasteiger partial charge is 0.494 e. The van der Waals surface area contributed by atoms with Gasteiger partial charge in [-0.2, -0.15) is 0 Å². The van der Waals surface area contributed by atoms with Gasteiger partial charge in [0.15, 0.2) is 0 Å². The van der Waals surface area contributed by atoms with Crippen LogP contribution in [-0.2, 0) is 0 Å². The van der Waals surface area contributed by atoms with Crippen LogP contribution in [0.25, 0.3) is 11.1 Å². The van der Waals surface area contributed by atoms with Crippen LogP contribution in [0, 0.1) is 13.8 Å². The Morgan fingerprint density at radius 1 is 0.600 bits per heavy atom. The van der Waals surface area contributed by atoms with Crippen LogP contribution < -0.4 is 9.47 Å². The van der Waals surface area contributed by atoms with Gasteiger partial charge in [-0.25, -0.2) is 0 Å². The van der Waals surface area contributed by atoms with Crippen LogP contribution in [0.1, 0.15) is 47.2 Å². The first-order chi connectivity index (χ1) is 14.5. The van der Waals surface area contributed by atoms with Gasteiger partial charge in [-0.3, -0.25) is 0 Å². The maximum absolute atomic E-state index is 5.55. The Morgan fingerprint density at radius 2 is 0.933 bits per heavy atom. The zero-order valence-corrected chi connectivity index (χ0v) is 18.4. The quantitative estimate of drug-likeness (QED) is 0.399. The third kappa shape index (κ3) is 4.49. The van der Waals surface area contributed by atoms with Gasteiger partial charge in [0, 0.05) is 0 Å². The third-order valence-corrected chi connectivity index (χ3v) is 5.46. The van der Waals surface area contributed by atoms with Crippen molar-refractivity contribution < 1.29 is 9.47 Å². The maximum Gasteiger partial charge on any atom is 0.119 e. The predicted octanol–water partition coefficient (Wildman–Crippen LogP) is 7.22. The van der Waals surface area contributed by atoms with E-state index in [0.29, 0.717) is 13.2 Å². The van der Waals surface area contributed by atoms with Crippen molar-refractivity contribution in [3.05, 3.63) is 107 Å². The summed E-state index contributed by atoms with van der Waals surface area (Å²) in [6, 6.07) is 20.5. The van der Waals surface area contributed by atoms with Crippen LogP contribution in [0.5, 0.6) is 11.5 Å². The van der Waals surface area contributed by atoms with Crippen LogP contribution in [-0.4, -0.2) is 13.2 Å². The molecule has 3 rings (SSSR count). The number of hydrogen-bond donors (Lipinski definition) is 0. The maximum atomic E-state index is 5.55. The number of ether oxygens (including phenoxy) is 2. The monoisotopic (exact) mass is 398 g/mol. The van der Waals surface area contributed by atoms with E-state index in [1.807, 2.05) is 38.1 Å². The van der Waals surface area contributed by atoms with Crippen molar-refractivity contribution in [3.63, 3.8) is 0 Å². The summed E-state index contributed by atoms with van der Waals surface area (Å²) < 4.78 is 11.1. The Bertz CT molecular complexity index is 955. The topological polar surface area (TPSA) is 18.5 Å². The zero-order valence-electron chi connectivity index (χ0n) is 18.4. The molecule has 0 aliphatic carbocycles. The molecule has 154 valence electrons. The molecule has 0 radical (unpaired) electrons. The smallest absolute Gasteiger partial charge is 0.119 e. The molecule has 0 spiro atoms. The van der Waals surface area contributed by atoms with Gasteiger partial charge in [0.1, 0.15) is 11.5 Å². The zero-order chi connectivity index (χ0) is 21.7. The molecule has 0 amide bonds. The minimum atomic E-state index is 0.665. The van der Waals surface area contributed by atoms with E-state index in [9.17, 15) is 0 Å². The Labute approximate surface area is 180 Å². The molecule has 0 heterocycles. The highest BCUT2D eigenvalue weighted by atomic mass is 16.5. The molecule has 0 saturated carbocycles. The highest BCUT2D eigenvalue weighted by molar-refractivity contribution is 5.85. The van der Waals surface area contributed by atoms with Crippen molar-refractivity contribution in [3.8, 4) is 11.5 Å². The van der Waals surface area contributed by atoms with Gasteiger partial charge in [-0.05, 0) is 96.5 Å². The molecule has 2 heteroatoms. The summed E-state index contributed by atoms with van der Waals surface area (Å²) in [5.74, 6) is 1.76. The average molecular weight is 399 g/mol. The third-order valence-electron chi connectivity index (χ3n) is 5.46. The van der Waals surface area contributed by atoms with Gasteiger partial charge < -0.3 is 9.47 Å². The molecular weight excluding hydrogens is 368 g/mol. The van der Waals surface area contributed by atoms with Crippen molar-refractivity contribution in [2.24, 2.45) is 0 Å². The number of rotatable bonds is 8. The Morgan fingerprint density at radius 3 is 1.23 bits per heavy atom. The van der Waals surface area contributed by atoms with Gasteiger partial charge in [0.25, 0.3) is 0 Å². The summed E-state index contributed by atoms with van der Waals surface area (Å²) in [6.07, 6.45) is 0. The Hall–Kier alpha value is -3.26. The molecule has 30 heavy (non-hydrogen) atoms. The molecular formula is C28H30O2. The molecule has 0 aliphatic heterocycles. The molecule has 0 N–H and O–H groups in total. The van der Waals surface area contributed by atoms with Crippen molar-refractivity contribution in [2.45, 2.75) is 27.7 Å². The highest BCUT2D eigenvalue weighted by Gasteiger charge is 2.13. The van der Waals surface area contributed by atoms with Crippen molar-refractivity contribution in [1.82, 2.24) is 0 Å². The van der Waals surface area contributed by atoms with Gasteiger partial charge in [-0.15, -0.1) is 0 Å². The summed E-state index contributed by atoms with van der Waals surface area (Å²) in [4.78, 5) is 0. The summed E-state index contributed by atoms with van der Waals surface area (Å²) in [7, 11) is 0.